The number of rotatable bonds is 9. The standard InChI is InChI=1S/C20H22O6/c21-15-7-11-17(12-8-15)25-19(23)5-3-1-2-4-6-20(24)26-18-13-9-16(22)10-14-18/h7-14,21-22H,1-6H2. The molecule has 0 aromatic heterocycles. The van der Waals surface area contributed by atoms with Gasteiger partial charge in [0.1, 0.15) is 23.0 Å². The Balaban J connectivity index is 1.53. The summed E-state index contributed by atoms with van der Waals surface area (Å²) in [7, 11) is 0. The third kappa shape index (κ3) is 7.25. The van der Waals surface area contributed by atoms with Crippen LogP contribution >= 0.6 is 0 Å². The topological polar surface area (TPSA) is 93.1 Å². The molecule has 0 atom stereocenters. The van der Waals surface area contributed by atoms with Crippen LogP contribution in [0.15, 0.2) is 48.5 Å². The quantitative estimate of drug-likeness (QED) is 0.400. The summed E-state index contributed by atoms with van der Waals surface area (Å²) in [4.78, 5) is 23.4. The highest BCUT2D eigenvalue weighted by atomic mass is 16.5. The molecule has 0 unspecified atom stereocenters. The van der Waals surface area contributed by atoms with Crippen molar-refractivity contribution in [2.24, 2.45) is 0 Å². The number of aromatic hydroxyl groups is 2. The van der Waals surface area contributed by atoms with Gasteiger partial charge in [-0.2, -0.15) is 0 Å². The molecule has 6 nitrogen and oxygen atoms in total. The highest BCUT2D eigenvalue weighted by molar-refractivity contribution is 5.72. The molecule has 0 bridgehead atoms. The molecule has 2 aromatic carbocycles. The van der Waals surface area contributed by atoms with Crippen LogP contribution in [0.25, 0.3) is 0 Å². The molecule has 26 heavy (non-hydrogen) atoms. The Morgan fingerprint density at radius 1 is 0.615 bits per heavy atom. The van der Waals surface area contributed by atoms with Crippen LogP contribution in [0.5, 0.6) is 23.0 Å². The molecule has 0 aliphatic rings. The molecule has 6 heteroatoms. The minimum atomic E-state index is -0.317. The number of unbranched alkanes of at least 4 members (excludes halogenated alkanes) is 3. The SMILES string of the molecule is O=C(CCCCCCC(=O)Oc1ccc(O)cc1)Oc1ccc(O)cc1. The molecule has 0 heterocycles. The normalized spacial score (nSPS) is 10.3. The van der Waals surface area contributed by atoms with Crippen LogP contribution < -0.4 is 9.47 Å². The van der Waals surface area contributed by atoms with Crippen molar-refractivity contribution < 1.29 is 29.3 Å². The first-order valence-corrected chi connectivity index (χ1v) is 8.52. The molecule has 0 amide bonds. The second-order valence-electron chi connectivity index (χ2n) is 5.85. The summed E-state index contributed by atoms with van der Waals surface area (Å²) in [5, 5.41) is 18.3. The number of phenols is 2. The molecule has 0 aliphatic heterocycles. The summed E-state index contributed by atoms with van der Waals surface area (Å²) in [5.74, 6) is 0.418. The van der Waals surface area contributed by atoms with Gasteiger partial charge >= 0.3 is 11.9 Å². The molecule has 0 fully saturated rings. The Morgan fingerprint density at radius 3 is 1.31 bits per heavy atom. The number of phenolic OH excluding ortho intramolecular Hbond substituents is 2. The first-order chi connectivity index (χ1) is 12.5. The first-order valence-electron chi connectivity index (χ1n) is 8.52. The fourth-order valence-electron chi connectivity index (χ4n) is 2.29. The van der Waals surface area contributed by atoms with E-state index < -0.39 is 0 Å². The largest absolute Gasteiger partial charge is 0.508 e. The van der Waals surface area contributed by atoms with E-state index in [9.17, 15) is 9.59 Å². The maximum Gasteiger partial charge on any atom is 0.311 e. The van der Waals surface area contributed by atoms with Crippen molar-refractivity contribution in [3.05, 3.63) is 48.5 Å². The molecular weight excluding hydrogens is 336 g/mol. The predicted octanol–water partition coefficient (Wildman–Crippen LogP) is 3.95. The molecule has 2 rings (SSSR count). The van der Waals surface area contributed by atoms with Gasteiger partial charge in [0.2, 0.25) is 0 Å². The van der Waals surface area contributed by atoms with Crippen molar-refractivity contribution in [2.75, 3.05) is 0 Å². The highest BCUT2D eigenvalue weighted by Crippen LogP contribution is 2.18. The van der Waals surface area contributed by atoms with Crippen LogP contribution in [0, 0.1) is 0 Å². The fourth-order valence-corrected chi connectivity index (χ4v) is 2.29. The predicted molar refractivity (Wildman–Crippen MR) is 95.2 cm³/mol. The van der Waals surface area contributed by atoms with Gasteiger partial charge in [-0.25, -0.2) is 0 Å². The zero-order chi connectivity index (χ0) is 18.8. The van der Waals surface area contributed by atoms with Crippen molar-refractivity contribution in [3.63, 3.8) is 0 Å². The zero-order valence-electron chi connectivity index (χ0n) is 14.4. The van der Waals surface area contributed by atoms with Crippen molar-refractivity contribution in [3.8, 4) is 23.0 Å². The lowest BCUT2D eigenvalue weighted by atomic mass is 10.1. The lowest BCUT2D eigenvalue weighted by Gasteiger charge is -2.05. The Morgan fingerprint density at radius 2 is 0.962 bits per heavy atom. The molecule has 0 spiro atoms. The smallest absolute Gasteiger partial charge is 0.311 e. The summed E-state index contributed by atoms with van der Waals surface area (Å²) >= 11 is 0. The van der Waals surface area contributed by atoms with Gasteiger partial charge in [-0.15, -0.1) is 0 Å². The van der Waals surface area contributed by atoms with E-state index in [1.807, 2.05) is 0 Å². The van der Waals surface area contributed by atoms with Gasteiger partial charge in [0, 0.05) is 12.8 Å². The third-order valence-electron chi connectivity index (χ3n) is 3.65. The van der Waals surface area contributed by atoms with Gasteiger partial charge in [-0.05, 0) is 61.4 Å². The second kappa shape index (κ2) is 10.1. The highest BCUT2D eigenvalue weighted by Gasteiger charge is 2.07. The van der Waals surface area contributed by atoms with Gasteiger partial charge in [-0.3, -0.25) is 9.59 Å². The van der Waals surface area contributed by atoms with E-state index in [1.54, 1.807) is 0 Å². The average Bonchev–Trinajstić information content (AvgIpc) is 2.62. The minimum absolute atomic E-state index is 0.119. The van der Waals surface area contributed by atoms with Gasteiger partial charge in [0.15, 0.2) is 0 Å². The number of carbonyl (C=O) groups excluding carboxylic acids is 2. The van der Waals surface area contributed by atoms with Crippen LogP contribution in [0.3, 0.4) is 0 Å². The Hall–Kier alpha value is -3.02. The molecular formula is C20H22O6. The van der Waals surface area contributed by atoms with Crippen LogP contribution in [0.2, 0.25) is 0 Å². The monoisotopic (exact) mass is 358 g/mol. The van der Waals surface area contributed by atoms with Crippen LogP contribution in [0.1, 0.15) is 38.5 Å². The van der Waals surface area contributed by atoms with E-state index in [1.165, 1.54) is 48.5 Å². The minimum Gasteiger partial charge on any atom is -0.508 e. The number of hydrogen-bond donors (Lipinski definition) is 2. The lowest BCUT2D eigenvalue weighted by Crippen LogP contribution is -2.08. The summed E-state index contributed by atoms with van der Waals surface area (Å²) in [5.41, 5.74) is 0. The molecule has 0 radical (unpaired) electrons. The van der Waals surface area contributed by atoms with E-state index >= 15 is 0 Å². The fraction of sp³-hybridized carbons (Fsp3) is 0.300. The Bertz CT molecular complexity index is 643. The van der Waals surface area contributed by atoms with E-state index in [-0.39, 0.29) is 23.4 Å². The lowest BCUT2D eigenvalue weighted by molar-refractivity contribution is -0.135. The first kappa shape index (κ1) is 19.3. The molecule has 0 saturated heterocycles. The average molecular weight is 358 g/mol. The Labute approximate surface area is 152 Å². The van der Waals surface area contributed by atoms with Crippen LogP contribution in [-0.2, 0) is 9.59 Å². The zero-order valence-corrected chi connectivity index (χ0v) is 14.4. The second-order valence-corrected chi connectivity index (χ2v) is 5.85. The van der Waals surface area contributed by atoms with E-state index in [0.29, 0.717) is 37.2 Å². The summed E-state index contributed by atoms with van der Waals surface area (Å²) in [6.45, 7) is 0. The number of benzene rings is 2. The number of hydrogen-bond acceptors (Lipinski definition) is 6. The van der Waals surface area contributed by atoms with Crippen LogP contribution in [0.4, 0.5) is 0 Å². The van der Waals surface area contributed by atoms with Gasteiger partial charge in [0.25, 0.3) is 0 Å². The third-order valence-corrected chi connectivity index (χ3v) is 3.65. The van der Waals surface area contributed by atoms with Gasteiger partial charge < -0.3 is 19.7 Å². The molecule has 0 saturated carbocycles. The van der Waals surface area contributed by atoms with Crippen molar-refractivity contribution in [1.82, 2.24) is 0 Å². The number of carbonyl (C=O) groups is 2. The molecule has 138 valence electrons. The summed E-state index contributed by atoms with van der Waals surface area (Å²) in [6.07, 6.45) is 3.61. The van der Waals surface area contributed by atoms with E-state index in [0.717, 1.165) is 12.8 Å². The van der Waals surface area contributed by atoms with Crippen molar-refractivity contribution >= 4 is 11.9 Å². The van der Waals surface area contributed by atoms with Crippen molar-refractivity contribution in [2.45, 2.75) is 38.5 Å². The maximum absolute atomic E-state index is 11.7. The molecule has 2 aromatic rings. The van der Waals surface area contributed by atoms with Crippen molar-refractivity contribution in [1.29, 1.82) is 0 Å². The number of esters is 2. The van der Waals surface area contributed by atoms with E-state index in [2.05, 4.69) is 0 Å². The van der Waals surface area contributed by atoms with E-state index in [4.69, 9.17) is 19.7 Å². The molecule has 2 N–H and O–H groups in total. The summed E-state index contributed by atoms with van der Waals surface area (Å²) < 4.78 is 10.3. The summed E-state index contributed by atoms with van der Waals surface area (Å²) in [6, 6.07) is 12.0. The molecule has 0 aliphatic carbocycles. The van der Waals surface area contributed by atoms with Gasteiger partial charge in [-0.1, -0.05) is 12.8 Å². The van der Waals surface area contributed by atoms with Gasteiger partial charge in [0.05, 0.1) is 0 Å². The van der Waals surface area contributed by atoms with Crippen LogP contribution in [-0.4, -0.2) is 22.2 Å². The maximum atomic E-state index is 11.7. The number of ether oxygens (including phenoxy) is 2. The Kier molecular flexibility index (Phi) is 7.49.